The van der Waals surface area contributed by atoms with E-state index in [-0.39, 0.29) is 29.9 Å². The Hall–Kier alpha value is -4.95. The van der Waals surface area contributed by atoms with Crippen LogP contribution >= 0.6 is 23.3 Å². The van der Waals surface area contributed by atoms with E-state index in [0.717, 1.165) is 23.3 Å². The van der Waals surface area contributed by atoms with Crippen molar-refractivity contribution in [2.75, 3.05) is 22.3 Å². The van der Waals surface area contributed by atoms with Crippen molar-refractivity contribution in [1.82, 2.24) is 34.8 Å². The maximum atomic E-state index is 15.0. The van der Waals surface area contributed by atoms with Gasteiger partial charge in [0, 0.05) is 53.9 Å². The lowest BCUT2D eigenvalue weighted by molar-refractivity contribution is -0.142. The second-order valence-electron chi connectivity index (χ2n) is 14.3. The van der Waals surface area contributed by atoms with Crippen LogP contribution in [0.25, 0.3) is 32.4 Å². The number of amides is 1. The number of carbonyl (C=O) groups excluding carboxylic acids is 1. The number of para-hydroxylation sites is 1. The lowest BCUT2D eigenvalue weighted by Crippen LogP contribution is -2.35. The molecular formula is C37H36F7N9O2S2. The summed E-state index contributed by atoms with van der Waals surface area (Å²) in [5, 5.41) is 25.3. The molecule has 1 atom stereocenters. The molecule has 0 saturated carbocycles. The summed E-state index contributed by atoms with van der Waals surface area (Å²) < 4.78 is 107. The van der Waals surface area contributed by atoms with E-state index >= 15 is 8.78 Å². The molecule has 0 spiro atoms. The van der Waals surface area contributed by atoms with Crippen LogP contribution in [0, 0.1) is 11.6 Å². The number of nitrogens with one attached hydrogen (secondary N) is 3. The second-order valence-corrected chi connectivity index (χ2v) is 16.4. The number of aryl methyl sites for hydroxylation is 1. The van der Waals surface area contributed by atoms with E-state index in [0.29, 0.717) is 43.0 Å². The molecule has 4 N–H and O–H groups in total. The Morgan fingerprint density at radius 2 is 1.81 bits per heavy atom. The summed E-state index contributed by atoms with van der Waals surface area (Å²) in [6.07, 6.45) is -6.79. The molecule has 0 radical (unpaired) electrons. The van der Waals surface area contributed by atoms with Gasteiger partial charge in [0.25, 0.3) is 5.92 Å². The highest BCUT2D eigenvalue weighted by Gasteiger charge is 2.50. The molecule has 57 heavy (non-hydrogen) atoms. The third-order valence-electron chi connectivity index (χ3n) is 9.23. The Morgan fingerprint density at radius 3 is 2.49 bits per heavy atom. The van der Waals surface area contributed by atoms with E-state index < -0.39 is 77.6 Å². The highest BCUT2D eigenvalue weighted by Crippen LogP contribution is 2.46. The van der Waals surface area contributed by atoms with Gasteiger partial charge in [-0.1, -0.05) is 42.3 Å². The summed E-state index contributed by atoms with van der Waals surface area (Å²) >= 11 is 2.67. The summed E-state index contributed by atoms with van der Waals surface area (Å²) in [5.74, 6) is -5.17. The van der Waals surface area contributed by atoms with Crippen molar-refractivity contribution in [3.05, 3.63) is 82.3 Å². The standard InChI is InChI=1S/C37H36F7N9O2S2/c1-5-56-51-32-22-8-6-7-21(29(22)52(4)50-32)24-15-26-33(48-34(57-26)45-17-35(2,3)55)47-28(24)25(13-18-11-19(38)14-20(39)12-18)46-27(54)16-53-31-23(9-10-36(31,40)41)30(49-53)37(42,43)44/h6-8,11-12,14-15,25,55H,5,9-10,13,16-17H2,1-4H3,(H,46,54)(H,50,51)(H,45,47,48). The highest BCUT2D eigenvalue weighted by molar-refractivity contribution is 8.00. The minimum absolute atomic E-state index is 0.0872. The van der Waals surface area contributed by atoms with Gasteiger partial charge < -0.3 is 20.5 Å². The Balaban J connectivity index is 1.38. The van der Waals surface area contributed by atoms with Gasteiger partial charge in [0.05, 0.1) is 27.6 Å². The van der Waals surface area contributed by atoms with Crippen LogP contribution in [0.1, 0.15) is 61.4 Å². The average molecular weight is 836 g/mol. The number of benzene rings is 2. The van der Waals surface area contributed by atoms with Gasteiger partial charge >= 0.3 is 6.18 Å². The molecule has 1 unspecified atom stereocenters. The molecule has 11 nitrogen and oxygen atoms in total. The van der Waals surface area contributed by atoms with Crippen molar-refractivity contribution in [3.63, 3.8) is 0 Å². The van der Waals surface area contributed by atoms with Gasteiger partial charge in [-0.05, 0) is 56.5 Å². The van der Waals surface area contributed by atoms with Crippen LogP contribution < -0.4 is 15.4 Å². The summed E-state index contributed by atoms with van der Waals surface area (Å²) in [5.41, 5.74) is -2.11. The zero-order chi connectivity index (χ0) is 41.0. The quantitative estimate of drug-likeness (QED) is 0.0672. The Labute approximate surface area is 329 Å². The minimum Gasteiger partial charge on any atom is -0.389 e. The van der Waals surface area contributed by atoms with Crippen molar-refractivity contribution in [3.8, 4) is 11.1 Å². The maximum absolute atomic E-state index is 15.0. The van der Waals surface area contributed by atoms with Gasteiger partial charge in [-0.15, -0.1) is 0 Å². The molecule has 1 aliphatic rings. The molecule has 6 aromatic rings. The van der Waals surface area contributed by atoms with Gasteiger partial charge in [0.15, 0.2) is 22.3 Å². The maximum Gasteiger partial charge on any atom is 0.435 e. The van der Waals surface area contributed by atoms with E-state index in [9.17, 15) is 31.9 Å². The molecule has 2 aromatic carbocycles. The van der Waals surface area contributed by atoms with Crippen molar-refractivity contribution >= 4 is 61.4 Å². The zero-order valence-corrected chi connectivity index (χ0v) is 32.5. The molecule has 302 valence electrons. The number of alkyl halides is 5. The molecule has 7 rings (SSSR count). The molecule has 4 aromatic heterocycles. The largest absolute Gasteiger partial charge is 0.435 e. The smallest absolute Gasteiger partial charge is 0.389 e. The first-order chi connectivity index (χ1) is 26.8. The van der Waals surface area contributed by atoms with Gasteiger partial charge in [0.2, 0.25) is 5.91 Å². The lowest BCUT2D eigenvalue weighted by atomic mass is 9.94. The molecule has 1 aliphatic carbocycles. The number of aliphatic hydroxyl groups is 1. The van der Waals surface area contributed by atoms with Gasteiger partial charge in [-0.25, -0.2) is 18.7 Å². The Kier molecular flexibility index (Phi) is 10.7. The summed E-state index contributed by atoms with van der Waals surface area (Å²) in [7, 11) is 1.74. The van der Waals surface area contributed by atoms with E-state index in [1.807, 2.05) is 13.0 Å². The number of halogens is 7. The number of nitrogens with zero attached hydrogens (tertiary/aromatic N) is 6. The molecule has 0 bridgehead atoms. The molecular weight excluding hydrogens is 800 g/mol. The van der Waals surface area contributed by atoms with Crippen LogP contribution in [-0.4, -0.2) is 58.4 Å². The fraction of sp³-hybridized carbons (Fsp3) is 0.378. The zero-order valence-electron chi connectivity index (χ0n) is 30.9. The Bertz CT molecular complexity index is 2470. The van der Waals surface area contributed by atoms with Crippen molar-refractivity contribution in [2.45, 2.75) is 70.3 Å². The van der Waals surface area contributed by atoms with Crippen LogP contribution in [-0.2, 0) is 43.3 Å². The van der Waals surface area contributed by atoms with E-state index in [1.165, 1.54) is 23.3 Å². The van der Waals surface area contributed by atoms with Crippen LogP contribution in [0.2, 0.25) is 0 Å². The second kappa shape index (κ2) is 15.1. The van der Waals surface area contributed by atoms with Crippen molar-refractivity contribution in [1.29, 1.82) is 0 Å². The summed E-state index contributed by atoms with van der Waals surface area (Å²) in [6.45, 7) is 4.32. The first-order valence-corrected chi connectivity index (χ1v) is 19.5. The van der Waals surface area contributed by atoms with E-state index in [2.05, 4.69) is 30.5 Å². The van der Waals surface area contributed by atoms with Gasteiger partial charge in [0.1, 0.15) is 23.9 Å². The fourth-order valence-electron chi connectivity index (χ4n) is 6.94. The molecule has 0 saturated heterocycles. The third kappa shape index (κ3) is 8.38. The summed E-state index contributed by atoms with van der Waals surface area (Å²) in [4.78, 5) is 23.4. The van der Waals surface area contributed by atoms with Crippen molar-refractivity contribution in [2.24, 2.45) is 7.05 Å². The monoisotopic (exact) mass is 835 g/mol. The number of pyridine rings is 1. The van der Waals surface area contributed by atoms with E-state index in [1.54, 1.807) is 43.8 Å². The molecule has 1 amide bonds. The first-order valence-electron chi connectivity index (χ1n) is 17.7. The number of rotatable bonds is 13. The molecule has 0 aliphatic heterocycles. The topological polar surface area (TPSA) is 135 Å². The Morgan fingerprint density at radius 1 is 1.07 bits per heavy atom. The van der Waals surface area contributed by atoms with Crippen LogP contribution in [0.15, 0.2) is 42.5 Å². The van der Waals surface area contributed by atoms with Crippen LogP contribution in [0.3, 0.4) is 0 Å². The van der Waals surface area contributed by atoms with Gasteiger partial charge in [-0.2, -0.15) is 32.1 Å². The molecule has 20 heteroatoms. The SMILES string of the molecule is CCSNc1nn(C)c2c(-c3cc4sc(NCC(C)(C)O)nc4nc3C(Cc3cc(F)cc(F)c3)NC(=O)Cn3nc(C(F)(F)F)c4c3C(F)(F)CC4)cccc12. The first kappa shape index (κ1) is 40.3. The average Bonchev–Trinajstić information content (AvgIpc) is 3.86. The number of carbonyl (C=O) groups is 1. The normalized spacial score (nSPS) is 14.7. The number of hydrogen-bond donors (Lipinski definition) is 4. The number of thiazole rings is 1. The van der Waals surface area contributed by atoms with E-state index in [4.69, 9.17) is 4.98 Å². The highest BCUT2D eigenvalue weighted by atomic mass is 32.2. The van der Waals surface area contributed by atoms with Crippen molar-refractivity contribution < 1.29 is 40.6 Å². The number of anilines is 2. The van der Waals surface area contributed by atoms with Gasteiger partial charge in [-0.3, -0.25) is 14.2 Å². The molecule has 0 fully saturated rings. The molecule has 4 heterocycles. The number of fused-ring (bicyclic) bond motifs is 3. The predicted octanol–water partition coefficient (Wildman–Crippen LogP) is 8.14. The third-order valence-corrected chi connectivity index (χ3v) is 10.8. The predicted molar refractivity (Wildman–Crippen MR) is 204 cm³/mol. The summed E-state index contributed by atoms with van der Waals surface area (Å²) in [6, 6.07) is 8.78. The minimum atomic E-state index is -5.05. The lowest BCUT2D eigenvalue weighted by Gasteiger charge is -2.23. The van der Waals surface area contributed by atoms with Crippen LogP contribution in [0.5, 0.6) is 0 Å². The number of aromatic nitrogens is 6. The number of hydrogen-bond acceptors (Lipinski definition) is 10. The fourth-order valence-corrected chi connectivity index (χ4v) is 8.22. The van der Waals surface area contributed by atoms with Crippen LogP contribution in [0.4, 0.5) is 41.7 Å².